The Kier molecular flexibility index (Phi) is 9.74. The van der Waals surface area contributed by atoms with Crippen molar-refractivity contribution in [3.05, 3.63) is 41.1 Å². The van der Waals surface area contributed by atoms with Gasteiger partial charge in [-0.15, -0.1) is 24.0 Å². The number of aryl methyl sites for hydroxylation is 2. The minimum atomic E-state index is 0. The second kappa shape index (κ2) is 12.0. The number of methoxy groups -OCH3 is 1. The molecule has 166 valence electrons. The molecule has 1 aromatic heterocycles. The highest BCUT2D eigenvalue weighted by Crippen LogP contribution is 2.32. The van der Waals surface area contributed by atoms with Gasteiger partial charge in [-0.2, -0.15) is 0 Å². The normalized spacial score (nSPS) is 14.3. The molecule has 1 aliphatic rings. The van der Waals surface area contributed by atoms with Crippen molar-refractivity contribution in [3.8, 4) is 11.5 Å². The number of nitrogens with one attached hydrogen (secondary N) is 2. The van der Waals surface area contributed by atoms with Gasteiger partial charge in [0.2, 0.25) is 5.89 Å². The Bertz CT molecular complexity index is 812. The highest BCUT2D eigenvalue weighted by Gasteiger charge is 2.18. The summed E-state index contributed by atoms with van der Waals surface area (Å²) in [5, 5.41) is 6.51. The van der Waals surface area contributed by atoms with Gasteiger partial charge >= 0.3 is 0 Å². The molecule has 1 heterocycles. The summed E-state index contributed by atoms with van der Waals surface area (Å²) in [6.45, 7) is 7.67. The van der Waals surface area contributed by atoms with Crippen molar-refractivity contribution in [1.82, 2.24) is 15.6 Å². The molecular formula is C22H33IN4O3. The smallest absolute Gasteiger partial charge is 0.214 e. The zero-order valence-electron chi connectivity index (χ0n) is 18.3. The van der Waals surface area contributed by atoms with Crippen LogP contribution >= 0.6 is 24.0 Å². The van der Waals surface area contributed by atoms with Gasteiger partial charge in [-0.05, 0) is 64.2 Å². The van der Waals surface area contributed by atoms with E-state index >= 15 is 0 Å². The Balaban J connectivity index is 0.00000320. The molecule has 1 aromatic carbocycles. The summed E-state index contributed by atoms with van der Waals surface area (Å²) in [5.41, 5.74) is 1.97. The summed E-state index contributed by atoms with van der Waals surface area (Å²) in [4.78, 5) is 9.06. The summed E-state index contributed by atoms with van der Waals surface area (Å²) in [6, 6.07) is 6.03. The lowest BCUT2D eigenvalue weighted by atomic mass is 10.2. The van der Waals surface area contributed by atoms with E-state index in [9.17, 15) is 0 Å². The first kappa shape index (κ1) is 24.3. The van der Waals surface area contributed by atoms with Crippen LogP contribution in [0.5, 0.6) is 11.5 Å². The lowest BCUT2D eigenvalue weighted by Gasteiger charge is -2.16. The molecule has 2 N–H and O–H groups in total. The number of aromatic nitrogens is 1. The van der Waals surface area contributed by atoms with Gasteiger partial charge in [0.1, 0.15) is 5.76 Å². The third kappa shape index (κ3) is 6.78. The van der Waals surface area contributed by atoms with Gasteiger partial charge < -0.3 is 24.5 Å². The molecule has 0 unspecified atom stereocenters. The van der Waals surface area contributed by atoms with Crippen molar-refractivity contribution in [2.24, 2.45) is 4.99 Å². The van der Waals surface area contributed by atoms with E-state index in [1.54, 1.807) is 7.11 Å². The van der Waals surface area contributed by atoms with Gasteiger partial charge in [-0.3, -0.25) is 0 Å². The van der Waals surface area contributed by atoms with Crippen LogP contribution in [0, 0.1) is 13.8 Å². The number of oxazole rings is 1. The molecule has 0 saturated heterocycles. The molecule has 1 aliphatic carbocycles. The molecule has 1 saturated carbocycles. The topological polar surface area (TPSA) is 80.9 Å². The van der Waals surface area contributed by atoms with E-state index in [-0.39, 0.29) is 24.0 Å². The van der Waals surface area contributed by atoms with E-state index in [1.165, 1.54) is 12.8 Å². The highest BCUT2D eigenvalue weighted by atomic mass is 127. The van der Waals surface area contributed by atoms with Crippen LogP contribution in [0.4, 0.5) is 0 Å². The van der Waals surface area contributed by atoms with Gasteiger partial charge in [0.15, 0.2) is 17.5 Å². The van der Waals surface area contributed by atoms with Crippen LogP contribution in [0.15, 0.2) is 27.6 Å². The average Bonchev–Trinajstić information content (AvgIpc) is 3.34. The molecule has 2 aromatic rings. The quantitative estimate of drug-likeness (QED) is 0.299. The predicted molar refractivity (Wildman–Crippen MR) is 129 cm³/mol. The molecule has 30 heavy (non-hydrogen) atoms. The number of hydrogen-bond acceptors (Lipinski definition) is 5. The number of guanidine groups is 1. The fourth-order valence-corrected chi connectivity index (χ4v) is 3.38. The summed E-state index contributed by atoms with van der Waals surface area (Å²) in [7, 11) is 1.68. The summed E-state index contributed by atoms with van der Waals surface area (Å²) >= 11 is 0. The van der Waals surface area contributed by atoms with Gasteiger partial charge in [0.25, 0.3) is 0 Å². The molecule has 8 heteroatoms. The number of benzene rings is 1. The molecular weight excluding hydrogens is 495 g/mol. The standard InChI is InChI=1S/C22H32N4O3.HI/c1-5-23-22(25-14-21-26-15(2)16(3)28-21)24-13-17-10-11-19(20(12-17)27-4)29-18-8-6-7-9-18;/h10-12,18H,5-9,13-14H2,1-4H3,(H2,23,24,25);1H. The predicted octanol–water partition coefficient (Wildman–Crippen LogP) is 4.49. The first-order valence-electron chi connectivity index (χ1n) is 10.4. The molecule has 0 spiro atoms. The summed E-state index contributed by atoms with van der Waals surface area (Å²) < 4.78 is 17.3. The number of ether oxygens (including phenoxy) is 2. The van der Waals surface area contributed by atoms with Crippen LogP contribution < -0.4 is 20.1 Å². The number of halogens is 1. The Morgan fingerprint density at radius 3 is 2.60 bits per heavy atom. The van der Waals surface area contributed by atoms with E-state index in [4.69, 9.17) is 13.9 Å². The second-order valence-corrected chi connectivity index (χ2v) is 7.31. The molecule has 3 rings (SSSR count). The number of rotatable bonds is 8. The Morgan fingerprint density at radius 1 is 1.20 bits per heavy atom. The van der Waals surface area contributed by atoms with E-state index in [0.717, 1.165) is 47.9 Å². The second-order valence-electron chi connectivity index (χ2n) is 7.31. The fraction of sp³-hybridized carbons (Fsp3) is 0.545. The van der Waals surface area contributed by atoms with Gasteiger partial charge in [-0.25, -0.2) is 9.98 Å². The monoisotopic (exact) mass is 528 g/mol. The van der Waals surface area contributed by atoms with Crippen molar-refractivity contribution >= 4 is 29.9 Å². The molecule has 1 fully saturated rings. The van der Waals surface area contributed by atoms with Gasteiger partial charge in [0.05, 0.1) is 32.0 Å². The lowest BCUT2D eigenvalue weighted by molar-refractivity contribution is 0.200. The molecule has 0 amide bonds. The minimum absolute atomic E-state index is 0. The molecule has 0 bridgehead atoms. The van der Waals surface area contributed by atoms with E-state index < -0.39 is 0 Å². The average molecular weight is 528 g/mol. The Morgan fingerprint density at radius 2 is 1.97 bits per heavy atom. The lowest BCUT2D eigenvalue weighted by Crippen LogP contribution is -2.36. The molecule has 0 aliphatic heterocycles. The van der Waals surface area contributed by atoms with E-state index in [2.05, 4.69) is 20.6 Å². The van der Waals surface area contributed by atoms with Crippen LogP contribution in [0.1, 0.15) is 55.5 Å². The summed E-state index contributed by atoms with van der Waals surface area (Å²) in [6.07, 6.45) is 5.03. The van der Waals surface area contributed by atoms with Crippen LogP contribution in [0.3, 0.4) is 0 Å². The van der Waals surface area contributed by atoms with Crippen LogP contribution in [0.2, 0.25) is 0 Å². The van der Waals surface area contributed by atoms with Gasteiger partial charge in [-0.1, -0.05) is 6.07 Å². The van der Waals surface area contributed by atoms with Crippen molar-refractivity contribution in [2.45, 2.75) is 65.6 Å². The Labute approximate surface area is 196 Å². The van der Waals surface area contributed by atoms with Crippen molar-refractivity contribution < 1.29 is 13.9 Å². The molecule has 7 nitrogen and oxygen atoms in total. The SMILES string of the molecule is CCNC(=NCc1ccc(OC2CCCC2)c(OC)c1)NCc1nc(C)c(C)o1.I. The minimum Gasteiger partial charge on any atom is -0.493 e. The zero-order valence-corrected chi connectivity index (χ0v) is 20.6. The fourth-order valence-electron chi connectivity index (χ4n) is 3.38. The number of aliphatic imine (C=N–C) groups is 1. The highest BCUT2D eigenvalue weighted by molar-refractivity contribution is 14.0. The Hall–Kier alpha value is -1.97. The van der Waals surface area contributed by atoms with Crippen LogP contribution in [-0.2, 0) is 13.1 Å². The zero-order chi connectivity index (χ0) is 20.6. The number of nitrogens with zero attached hydrogens (tertiary/aromatic N) is 2. The maximum absolute atomic E-state index is 6.11. The van der Waals surface area contributed by atoms with Crippen LogP contribution in [0.25, 0.3) is 0 Å². The molecule has 0 atom stereocenters. The third-order valence-electron chi connectivity index (χ3n) is 5.07. The van der Waals surface area contributed by atoms with Gasteiger partial charge in [0, 0.05) is 6.54 Å². The van der Waals surface area contributed by atoms with E-state index in [1.807, 2.05) is 39.0 Å². The number of hydrogen-bond donors (Lipinski definition) is 2. The molecule has 0 radical (unpaired) electrons. The largest absolute Gasteiger partial charge is 0.493 e. The summed E-state index contributed by atoms with van der Waals surface area (Å²) in [5.74, 6) is 3.78. The van der Waals surface area contributed by atoms with Crippen molar-refractivity contribution in [2.75, 3.05) is 13.7 Å². The first-order valence-corrected chi connectivity index (χ1v) is 10.4. The maximum Gasteiger partial charge on any atom is 0.214 e. The third-order valence-corrected chi connectivity index (χ3v) is 5.07. The van der Waals surface area contributed by atoms with Crippen molar-refractivity contribution in [3.63, 3.8) is 0 Å². The van der Waals surface area contributed by atoms with Crippen molar-refractivity contribution in [1.29, 1.82) is 0 Å². The van der Waals surface area contributed by atoms with E-state index in [0.29, 0.717) is 31.0 Å². The van der Waals surface area contributed by atoms with Crippen LogP contribution in [-0.4, -0.2) is 30.7 Å². The maximum atomic E-state index is 6.11. The first-order chi connectivity index (χ1) is 14.1.